The summed E-state index contributed by atoms with van der Waals surface area (Å²) in [7, 11) is 3.48. The number of halogens is 1. The second-order valence-electron chi connectivity index (χ2n) is 7.50. The zero-order valence-corrected chi connectivity index (χ0v) is 21.1. The van der Waals surface area contributed by atoms with Crippen LogP contribution in [0.25, 0.3) is 5.69 Å². The maximum absolute atomic E-state index is 12.0. The lowest BCUT2D eigenvalue weighted by Crippen LogP contribution is -2.43. The van der Waals surface area contributed by atoms with Gasteiger partial charge in [0.2, 0.25) is 5.91 Å². The molecule has 0 fully saturated rings. The molecule has 1 amide bonds. The number of nitrogens with zero attached hydrogens (tertiary/aromatic N) is 4. The van der Waals surface area contributed by atoms with E-state index in [2.05, 4.69) is 27.9 Å². The van der Waals surface area contributed by atoms with Gasteiger partial charge in [-0.3, -0.25) is 4.79 Å². The average molecular weight is 546 g/mol. The molecule has 1 heterocycles. The Labute approximate surface area is 206 Å². The summed E-state index contributed by atoms with van der Waals surface area (Å²) in [5, 5.41) is 11.0. The highest BCUT2D eigenvalue weighted by atomic mass is 127. The standard InChI is InChI=1S/C24H30N6O.HI/c1-19-14-16-30(28-19)22-12-8-7-11-21(22)17-26-24(27-18-23(31)29(2)3)25-15-13-20-9-5-4-6-10-20;/h4-12,14,16H,13,15,17-18H2,1-3H3,(H2,25,26,27);1H. The minimum absolute atomic E-state index is 0. The molecule has 2 N–H and O–H groups in total. The Morgan fingerprint density at radius 2 is 1.75 bits per heavy atom. The van der Waals surface area contributed by atoms with Crippen molar-refractivity contribution in [2.75, 3.05) is 27.2 Å². The zero-order valence-electron chi connectivity index (χ0n) is 18.8. The summed E-state index contributed by atoms with van der Waals surface area (Å²) >= 11 is 0. The van der Waals surface area contributed by atoms with E-state index in [1.165, 1.54) is 5.56 Å². The first-order valence-electron chi connectivity index (χ1n) is 10.4. The molecule has 0 bridgehead atoms. The Kier molecular flexibility index (Phi) is 10.2. The van der Waals surface area contributed by atoms with Gasteiger partial charge in [-0.2, -0.15) is 5.10 Å². The maximum Gasteiger partial charge on any atom is 0.241 e. The summed E-state index contributed by atoms with van der Waals surface area (Å²) in [6.07, 6.45) is 2.82. The van der Waals surface area contributed by atoms with Crippen LogP contribution in [0.2, 0.25) is 0 Å². The van der Waals surface area contributed by atoms with Gasteiger partial charge in [-0.1, -0.05) is 48.5 Å². The highest BCUT2D eigenvalue weighted by Gasteiger charge is 2.08. The molecule has 7 nitrogen and oxygen atoms in total. The van der Waals surface area contributed by atoms with Gasteiger partial charge in [0.25, 0.3) is 0 Å². The highest BCUT2D eigenvalue weighted by molar-refractivity contribution is 14.0. The van der Waals surface area contributed by atoms with Crippen LogP contribution in [0, 0.1) is 6.92 Å². The predicted molar refractivity (Wildman–Crippen MR) is 140 cm³/mol. The number of rotatable bonds is 8. The van der Waals surface area contributed by atoms with Gasteiger partial charge in [0.15, 0.2) is 5.96 Å². The van der Waals surface area contributed by atoms with E-state index >= 15 is 0 Å². The van der Waals surface area contributed by atoms with Crippen LogP contribution >= 0.6 is 24.0 Å². The van der Waals surface area contributed by atoms with Crippen molar-refractivity contribution in [3.8, 4) is 5.69 Å². The van der Waals surface area contributed by atoms with Crippen molar-refractivity contribution < 1.29 is 4.79 Å². The Morgan fingerprint density at radius 3 is 2.44 bits per heavy atom. The molecule has 1 aromatic heterocycles. The van der Waals surface area contributed by atoms with Crippen molar-refractivity contribution in [3.05, 3.63) is 83.7 Å². The van der Waals surface area contributed by atoms with E-state index in [-0.39, 0.29) is 36.4 Å². The van der Waals surface area contributed by atoms with E-state index in [0.717, 1.165) is 23.4 Å². The molecule has 0 unspecified atom stereocenters. The van der Waals surface area contributed by atoms with Crippen molar-refractivity contribution in [2.24, 2.45) is 4.99 Å². The van der Waals surface area contributed by atoms with Crippen LogP contribution in [0.1, 0.15) is 16.8 Å². The molecule has 2 aromatic carbocycles. The normalized spacial score (nSPS) is 10.9. The minimum Gasteiger partial charge on any atom is -0.356 e. The van der Waals surface area contributed by atoms with Crippen LogP contribution in [0.15, 0.2) is 71.9 Å². The number of aliphatic imine (C=N–C) groups is 1. The maximum atomic E-state index is 12.0. The largest absolute Gasteiger partial charge is 0.356 e. The Morgan fingerprint density at radius 1 is 1.03 bits per heavy atom. The molecular formula is C24H31IN6O. The molecule has 0 atom stereocenters. The molecule has 3 aromatic rings. The molecule has 0 aliphatic rings. The molecule has 0 aliphatic heterocycles. The summed E-state index contributed by atoms with van der Waals surface area (Å²) < 4.78 is 1.87. The van der Waals surface area contributed by atoms with Crippen molar-refractivity contribution in [3.63, 3.8) is 0 Å². The molecule has 8 heteroatoms. The van der Waals surface area contributed by atoms with Crippen LogP contribution in [0.3, 0.4) is 0 Å². The third-order valence-electron chi connectivity index (χ3n) is 4.82. The summed E-state index contributed by atoms with van der Waals surface area (Å²) in [5.41, 5.74) is 4.25. The van der Waals surface area contributed by atoms with Crippen LogP contribution in [0.4, 0.5) is 0 Å². The van der Waals surface area contributed by atoms with Gasteiger partial charge in [-0.25, -0.2) is 9.67 Å². The molecule has 0 spiro atoms. The lowest BCUT2D eigenvalue weighted by Gasteiger charge is -2.15. The van der Waals surface area contributed by atoms with Gasteiger partial charge in [0.1, 0.15) is 0 Å². The summed E-state index contributed by atoms with van der Waals surface area (Å²) in [4.78, 5) is 18.3. The van der Waals surface area contributed by atoms with Crippen molar-refractivity contribution in [2.45, 2.75) is 19.9 Å². The number of guanidine groups is 1. The predicted octanol–water partition coefficient (Wildman–Crippen LogP) is 3.16. The number of likely N-dealkylation sites (N-methyl/N-ethyl adjacent to an activating group) is 1. The van der Waals surface area contributed by atoms with Crippen LogP contribution in [0.5, 0.6) is 0 Å². The smallest absolute Gasteiger partial charge is 0.241 e. The summed E-state index contributed by atoms with van der Waals surface area (Å²) in [6.45, 7) is 3.33. The van der Waals surface area contributed by atoms with E-state index in [9.17, 15) is 4.79 Å². The van der Waals surface area contributed by atoms with Crippen molar-refractivity contribution in [1.82, 2.24) is 25.3 Å². The van der Waals surface area contributed by atoms with E-state index < -0.39 is 0 Å². The van der Waals surface area contributed by atoms with Gasteiger partial charge < -0.3 is 15.5 Å². The van der Waals surface area contributed by atoms with Gasteiger partial charge >= 0.3 is 0 Å². The first-order valence-corrected chi connectivity index (χ1v) is 10.4. The van der Waals surface area contributed by atoms with E-state index in [1.807, 2.05) is 66.3 Å². The molecule has 0 saturated carbocycles. The third kappa shape index (κ3) is 7.67. The second-order valence-corrected chi connectivity index (χ2v) is 7.50. The fraction of sp³-hybridized carbons (Fsp3) is 0.292. The molecule has 3 rings (SSSR count). The Bertz CT molecular complexity index is 1020. The fourth-order valence-electron chi connectivity index (χ4n) is 3.04. The third-order valence-corrected chi connectivity index (χ3v) is 4.82. The van der Waals surface area contributed by atoms with E-state index in [0.29, 0.717) is 19.0 Å². The number of aryl methyl sites for hydroxylation is 1. The Hall–Kier alpha value is -2.88. The summed E-state index contributed by atoms with van der Waals surface area (Å²) in [6, 6.07) is 20.3. The molecular weight excluding hydrogens is 515 g/mol. The topological polar surface area (TPSA) is 74.6 Å². The average Bonchev–Trinajstić information content (AvgIpc) is 3.22. The number of amides is 1. The number of carbonyl (C=O) groups is 1. The van der Waals surface area contributed by atoms with Gasteiger partial charge in [-0.05, 0) is 36.6 Å². The molecule has 0 radical (unpaired) electrons. The number of hydrogen-bond acceptors (Lipinski definition) is 3. The van der Waals surface area contributed by atoms with Crippen LogP contribution in [-0.4, -0.2) is 53.7 Å². The fourth-order valence-corrected chi connectivity index (χ4v) is 3.04. The first kappa shape index (κ1) is 25.4. The SMILES string of the molecule is Cc1ccn(-c2ccccc2CN=C(NCCc2ccccc2)NCC(=O)N(C)C)n1.I. The van der Waals surface area contributed by atoms with Crippen molar-refractivity contribution >= 4 is 35.8 Å². The van der Waals surface area contributed by atoms with Gasteiger partial charge in [0, 0.05) is 26.8 Å². The number of hydrogen-bond donors (Lipinski definition) is 2. The second kappa shape index (κ2) is 12.8. The molecule has 0 saturated heterocycles. The number of para-hydroxylation sites is 1. The quantitative estimate of drug-likeness (QED) is 0.259. The van der Waals surface area contributed by atoms with E-state index in [1.54, 1.807) is 19.0 Å². The minimum atomic E-state index is -0.00928. The van der Waals surface area contributed by atoms with Crippen molar-refractivity contribution in [1.29, 1.82) is 0 Å². The number of carbonyl (C=O) groups excluding carboxylic acids is 1. The zero-order chi connectivity index (χ0) is 22.1. The van der Waals surface area contributed by atoms with Crippen LogP contribution in [-0.2, 0) is 17.8 Å². The highest BCUT2D eigenvalue weighted by Crippen LogP contribution is 2.15. The molecule has 170 valence electrons. The first-order chi connectivity index (χ1) is 15.0. The lowest BCUT2D eigenvalue weighted by atomic mass is 10.1. The Balaban J connectivity index is 0.00000363. The lowest BCUT2D eigenvalue weighted by molar-refractivity contribution is -0.127. The summed E-state index contributed by atoms with van der Waals surface area (Å²) in [5.74, 6) is 0.600. The molecule has 32 heavy (non-hydrogen) atoms. The van der Waals surface area contributed by atoms with Gasteiger partial charge in [0.05, 0.1) is 24.5 Å². The van der Waals surface area contributed by atoms with Crippen LogP contribution < -0.4 is 10.6 Å². The monoisotopic (exact) mass is 546 g/mol. The molecule has 0 aliphatic carbocycles. The number of benzene rings is 2. The van der Waals surface area contributed by atoms with E-state index in [4.69, 9.17) is 4.99 Å². The number of aromatic nitrogens is 2. The van der Waals surface area contributed by atoms with Gasteiger partial charge in [-0.15, -0.1) is 24.0 Å². The number of nitrogens with one attached hydrogen (secondary N) is 2.